The normalized spacial score (nSPS) is 9.27. The summed E-state index contributed by atoms with van der Waals surface area (Å²) in [6, 6.07) is 0. The zero-order valence-electron chi connectivity index (χ0n) is 7.93. The van der Waals surface area contributed by atoms with Gasteiger partial charge < -0.3 is 15.9 Å². The predicted octanol–water partition coefficient (Wildman–Crippen LogP) is -0.995. The Balaban J connectivity index is 0. The molecule has 0 aliphatic carbocycles. The van der Waals surface area contributed by atoms with Gasteiger partial charge in [-0.3, -0.25) is 0 Å². The van der Waals surface area contributed by atoms with Crippen molar-refractivity contribution in [1.82, 2.24) is 0 Å². The van der Waals surface area contributed by atoms with E-state index >= 15 is 0 Å². The Morgan fingerprint density at radius 1 is 1.27 bits per heavy atom. The molecule has 62 valence electrons. The fourth-order valence-electron chi connectivity index (χ4n) is 0.591. The van der Waals surface area contributed by atoms with E-state index in [9.17, 15) is 0 Å². The van der Waals surface area contributed by atoms with E-state index in [0.717, 1.165) is 26.1 Å². The van der Waals surface area contributed by atoms with Crippen LogP contribution in [0.25, 0.3) is 0 Å². The number of hydrogen-bond donors (Lipinski definition) is 0. The molecule has 0 heterocycles. The van der Waals surface area contributed by atoms with Crippen molar-refractivity contribution in [2.45, 2.75) is 26.7 Å². The monoisotopic (exact) mass is 152 g/mol. The predicted molar refractivity (Wildman–Crippen MR) is 41.7 cm³/mol. The minimum atomic E-state index is 0. The molecule has 0 fully saturated rings. The number of ether oxygens (including phenoxy) is 2. The van der Waals surface area contributed by atoms with Crippen LogP contribution in [0.5, 0.6) is 0 Å². The summed E-state index contributed by atoms with van der Waals surface area (Å²) in [5.41, 5.74) is 0. The third-order valence-corrected chi connectivity index (χ3v) is 1.15. The Labute approximate surface area is 81.8 Å². The van der Waals surface area contributed by atoms with Crippen LogP contribution in [0.1, 0.15) is 26.7 Å². The molecule has 0 aromatic carbocycles. The van der Waals surface area contributed by atoms with Gasteiger partial charge in [0.15, 0.2) is 0 Å². The SMILES string of the molecule is C[CH-]CCCOCOCC.[Li+]. The molecule has 0 N–H and O–H groups in total. The molecule has 0 rings (SSSR count). The van der Waals surface area contributed by atoms with Gasteiger partial charge in [-0.05, 0) is 6.92 Å². The summed E-state index contributed by atoms with van der Waals surface area (Å²) >= 11 is 0. The van der Waals surface area contributed by atoms with Crippen LogP contribution >= 0.6 is 0 Å². The van der Waals surface area contributed by atoms with Crippen LogP contribution in [-0.4, -0.2) is 20.0 Å². The zero-order chi connectivity index (χ0) is 7.66. The molecule has 0 aromatic rings. The van der Waals surface area contributed by atoms with Gasteiger partial charge in [0.1, 0.15) is 6.79 Å². The molecule has 0 radical (unpaired) electrons. The minimum absolute atomic E-state index is 0. The van der Waals surface area contributed by atoms with Crippen LogP contribution in [0, 0.1) is 6.42 Å². The van der Waals surface area contributed by atoms with E-state index in [0.29, 0.717) is 6.79 Å². The van der Waals surface area contributed by atoms with Crippen LogP contribution in [0.2, 0.25) is 0 Å². The van der Waals surface area contributed by atoms with Crippen molar-refractivity contribution in [3.8, 4) is 0 Å². The maximum Gasteiger partial charge on any atom is 1.00 e. The minimum Gasteiger partial charge on any atom is -0.356 e. The topological polar surface area (TPSA) is 18.5 Å². The molecule has 0 spiro atoms. The third kappa shape index (κ3) is 13.5. The molecule has 0 bridgehead atoms. The van der Waals surface area contributed by atoms with E-state index < -0.39 is 0 Å². The molecule has 0 saturated heterocycles. The Bertz CT molecular complexity index is 52.1. The van der Waals surface area contributed by atoms with E-state index in [2.05, 4.69) is 13.3 Å². The van der Waals surface area contributed by atoms with Gasteiger partial charge in [0.2, 0.25) is 0 Å². The van der Waals surface area contributed by atoms with Crippen LogP contribution in [0.4, 0.5) is 0 Å². The van der Waals surface area contributed by atoms with Crippen LogP contribution < -0.4 is 18.9 Å². The summed E-state index contributed by atoms with van der Waals surface area (Å²) in [7, 11) is 0. The van der Waals surface area contributed by atoms with Gasteiger partial charge in [0, 0.05) is 13.2 Å². The van der Waals surface area contributed by atoms with Gasteiger partial charge in [-0.2, -0.15) is 13.3 Å². The van der Waals surface area contributed by atoms with Gasteiger partial charge in [0.05, 0.1) is 0 Å². The maximum atomic E-state index is 5.13. The molecule has 0 aliphatic rings. The van der Waals surface area contributed by atoms with Crippen LogP contribution in [0.3, 0.4) is 0 Å². The first kappa shape index (κ1) is 14.1. The molecule has 11 heavy (non-hydrogen) atoms. The summed E-state index contributed by atoms with van der Waals surface area (Å²) in [5, 5.41) is 0. The fourth-order valence-corrected chi connectivity index (χ4v) is 0.591. The van der Waals surface area contributed by atoms with Crippen LogP contribution in [-0.2, 0) is 9.47 Å². The number of rotatable bonds is 7. The van der Waals surface area contributed by atoms with Crippen molar-refractivity contribution < 1.29 is 28.3 Å². The standard InChI is InChI=1S/C8H17O2.Li/c1-3-5-6-7-10-8-9-4-2;/h3H,4-8H2,1-2H3;/q-1;+1. The molecular weight excluding hydrogens is 135 g/mol. The van der Waals surface area contributed by atoms with E-state index in [1.54, 1.807) is 0 Å². The van der Waals surface area contributed by atoms with Gasteiger partial charge in [-0.1, -0.05) is 6.42 Å². The maximum absolute atomic E-state index is 5.13. The smallest absolute Gasteiger partial charge is 0.356 e. The van der Waals surface area contributed by atoms with Crippen molar-refractivity contribution in [3.05, 3.63) is 6.42 Å². The fraction of sp³-hybridized carbons (Fsp3) is 0.875. The van der Waals surface area contributed by atoms with E-state index in [-0.39, 0.29) is 18.9 Å². The van der Waals surface area contributed by atoms with Gasteiger partial charge in [0.25, 0.3) is 0 Å². The summed E-state index contributed by atoms with van der Waals surface area (Å²) in [6.07, 6.45) is 4.37. The summed E-state index contributed by atoms with van der Waals surface area (Å²) in [5.74, 6) is 0. The van der Waals surface area contributed by atoms with E-state index in [4.69, 9.17) is 9.47 Å². The van der Waals surface area contributed by atoms with Crippen molar-refractivity contribution in [2.24, 2.45) is 0 Å². The van der Waals surface area contributed by atoms with Crippen molar-refractivity contribution >= 4 is 0 Å². The first-order valence-corrected chi connectivity index (χ1v) is 3.85. The second kappa shape index (κ2) is 13.1. The second-order valence-electron chi connectivity index (χ2n) is 2.07. The van der Waals surface area contributed by atoms with E-state index in [1.807, 2.05) is 6.92 Å². The average Bonchev–Trinajstić information content (AvgIpc) is 1.97. The Morgan fingerprint density at radius 2 is 2.00 bits per heavy atom. The first-order valence-electron chi connectivity index (χ1n) is 3.85. The molecular formula is C8H17LiO2. The Morgan fingerprint density at radius 3 is 2.55 bits per heavy atom. The molecule has 0 aliphatic heterocycles. The quantitative estimate of drug-likeness (QED) is 0.202. The largest absolute Gasteiger partial charge is 1.00 e. The molecule has 3 heteroatoms. The molecule has 0 unspecified atom stereocenters. The van der Waals surface area contributed by atoms with Crippen molar-refractivity contribution in [2.75, 3.05) is 20.0 Å². The first-order chi connectivity index (χ1) is 4.91. The van der Waals surface area contributed by atoms with Gasteiger partial charge in [-0.25, -0.2) is 0 Å². The van der Waals surface area contributed by atoms with Crippen LogP contribution in [0.15, 0.2) is 0 Å². The average molecular weight is 152 g/mol. The second-order valence-corrected chi connectivity index (χ2v) is 2.07. The molecule has 0 saturated carbocycles. The summed E-state index contributed by atoms with van der Waals surface area (Å²) < 4.78 is 10.1. The Hall–Kier alpha value is 0.517. The molecule has 0 aromatic heterocycles. The Kier molecular flexibility index (Phi) is 16.8. The summed E-state index contributed by atoms with van der Waals surface area (Å²) in [6.45, 7) is 6.01. The zero-order valence-corrected chi connectivity index (χ0v) is 7.93. The van der Waals surface area contributed by atoms with Crippen molar-refractivity contribution in [3.63, 3.8) is 0 Å². The number of hydrogen-bond acceptors (Lipinski definition) is 2. The molecule has 0 atom stereocenters. The van der Waals surface area contributed by atoms with E-state index in [1.165, 1.54) is 0 Å². The van der Waals surface area contributed by atoms with Gasteiger partial charge in [-0.15, -0.1) is 0 Å². The molecule has 2 nitrogen and oxygen atoms in total. The third-order valence-electron chi connectivity index (χ3n) is 1.15. The molecule has 0 amide bonds. The van der Waals surface area contributed by atoms with Gasteiger partial charge >= 0.3 is 18.9 Å². The number of unbranched alkanes of at least 4 members (excludes halogenated alkanes) is 2. The summed E-state index contributed by atoms with van der Waals surface area (Å²) in [4.78, 5) is 0. The van der Waals surface area contributed by atoms with Crippen molar-refractivity contribution in [1.29, 1.82) is 0 Å².